The molecule has 0 aliphatic heterocycles. The van der Waals surface area contributed by atoms with Crippen molar-refractivity contribution in [2.75, 3.05) is 6.54 Å². The fourth-order valence-corrected chi connectivity index (χ4v) is 2.63. The van der Waals surface area contributed by atoms with E-state index in [1.807, 2.05) is 20.8 Å². The molecule has 5 nitrogen and oxygen atoms in total. The molecule has 1 rings (SSSR count). The highest BCUT2D eigenvalue weighted by atomic mass is 16.4. The van der Waals surface area contributed by atoms with E-state index in [-0.39, 0.29) is 18.5 Å². The zero-order chi connectivity index (χ0) is 14.5. The van der Waals surface area contributed by atoms with E-state index in [1.54, 1.807) is 0 Å². The topological polar surface area (TPSA) is 78.4 Å². The first-order chi connectivity index (χ1) is 8.89. The fraction of sp³-hybridized carbons (Fsp3) is 0.857. The van der Waals surface area contributed by atoms with Crippen molar-refractivity contribution >= 4 is 11.9 Å². The second-order valence-corrected chi connectivity index (χ2v) is 5.83. The molecule has 19 heavy (non-hydrogen) atoms. The minimum absolute atomic E-state index is 0.179. The quantitative estimate of drug-likeness (QED) is 0.684. The molecule has 1 aliphatic carbocycles. The molecular weight excluding hydrogens is 244 g/mol. The highest BCUT2D eigenvalue weighted by Crippen LogP contribution is 2.32. The van der Waals surface area contributed by atoms with Crippen molar-refractivity contribution in [1.82, 2.24) is 10.6 Å². The van der Waals surface area contributed by atoms with Gasteiger partial charge < -0.3 is 15.7 Å². The molecule has 1 aliphatic rings. The average molecular weight is 270 g/mol. The van der Waals surface area contributed by atoms with E-state index in [1.165, 1.54) is 0 Å². The first kappa shape index (κ1) is 16.0. The molecule has 3 N–H and O–H groups in total. The van der Waals surface area contributed by atoms with Gasteiger partial charge in [0.15, 0.2) is 0 Å². The van der Waals surface area contributed by atoms with E-state index >= 15 is 0 Å². The maximum Gasteiger partial charge on any atom is 0.329 e. The van der Waals surface area contributed by atoms with E-state index in [2.05, 4.69) is 10.6 Å². The van der Waals surface area contributed by atoms with Gasteiger partial charge in [0.1, 0.15) is 5.54 Å². The van der Waals surface area contributed by atoms with E-state index in [4.69, 9.17) is 0 Å². The van der Waals surface area contributed by atoms with Crippen molar-refractivity contribution in [3.8, 4) is 0 Å². The number of carboxylic acids is 1. The van der Waals surface area contributed by atoms with Crippen molar-refractivity contribution in [3.05, 3.63) is 0 Å². The lowest BCUT2D eigenvalue weighted by Gasteiger charge is -2.37. The lowest BCUT2D eigenvalue weighted by molar-refractivity contribution is -0.149. The summed E-state index contributed by atoms with van der Waals surface area (Å²) in [5.74, 6) is -0.791. The molecule has 110 valence electrons. The molecular formula is C14H26N2O3. The van der Waals surface area contributed by atoms with Crippen LogP contribution in [-0.4, -0.2) is 35.1 Å². The zero-order valence-corrected chi connectivity index (χ0v) is 12.2. The molecule has 1 amide bonds. The zero-order valence-electron chi connectivity index (χ0n) is 12.2. The summed E-state index contributed by atoms with van der Waals surface area (Å²) < 4.78 is 0. The van der Waals surface area contributed by atoms with E-state index < -0.39 is 11.5 Å². The molecule has 0 radical (unpaired) electrons. The largest absolute Gasteiger partial charge is 0.480 e. The van der Waals surface area contributed by atoms with Crippen molar-refractivity contribution in [2.45, 2.75) is 64.5 Å². The Kier molecular flexibility index (Phi) is 5.79. The van der Waals surface area contributed by atoms with Crippen molar-refractivity contribution in [2.24, 2.45) is 5.92 Å². The second kappa shape index (κ2) is 6.89. The molecule has 0 bridgehead atoms. The average Bonchev–Trinajstić information content (AvgIpc) is 2.35. The number of carboxylic acid groups (broad SMARTS) is 1. The van der Waals surface area contributed by atoms with Gasteiger partial charge in [-0.15, -0.1) is 0 Å². The Bertz CT molecular complexity index is 333. The molecule has 1 saturated carbocycles. The van der Waals surface area contributed by atoms with Gasteiger partial charge in [0.2, 0.25) is 5.91 Å². The van der Waals surface area contributed by atoms with Gasteiger partial charge in [0.05, 0.1) is 6.54 Å². The molecule has 0 aromatic carbocycles. The molecule has 3 atom stereocenters. The predicted molar refractivity (Wildman–Crippen MR) is 73.9 cm³/mol. The number of nitrogens with one attached hydrogen (secondary N) is 2. The third kappa shape index (κ3) is 4.49. The Balaban J connectivity index is 2.58. The fourth-order valence-electron chi connectivity index (χ4n) is 2.63. The van der Waals surface area contributed by atoms with Gasteiger partial charge in [-0.05, 0) is 32.1 Å². The lowest BCUT2D eigenvalue weighted by Crippen LogP contribution is -2.58. The predicted octanol–water partition coefficient (Wildman–Crippen LogP) is 1.52. The number of aliphatic carboxylic acids is 1. The van der Waals surface area contributed by atoms with Crippen LogP contribution in [0.3, 0.4) is 0 Å². The number of rotatable bonds is 6. The maximum atomic E-state index is 11.9. The Labute approximate surface area is 115 Å². The SMILES string of the molecule is CCC(C)NCC(=O)NC1(C(=O)O)CCCC(C)C1. The van der Waals surface area contributed by atoms with Gasteiger partial charge in [0.25, 0.3) is 0 Å². The van der Waals surface area contributed by atoms with Crippen LogP contribution in [-0.2, 0) is 9.59 Å². The minimum Gasteiger partial charge on any atom is -0.480 e. The molecule has 0 aromatic rings. The molecule has 5 heteroatoms. The van der Waals surface area contributed by atoms with Gasteiger partial charge >= 0.3 is 5.97 Å². The number of amides is 1. The maximum absolute atomic E-state index is 11.9. The Morgan fingerprint density at radius 2 is 2.16 bits per heavy atom. The van der Waals surface area contributed by atoms with Gasteiger partial charge in [-0.25, -0.2) is 4.79 Å². The number of carbonyl (C=O) groups is 2. The van der Waals surface area contributed by atoms with Gasteiger partial charge in [0, 0.05) is 6.04 Å². The number of hydrogen-bond donors (Lipinski definition) is 3. The normalized spacial score (nSPS) is 28.7. The summed E-state index contributed by atoms with van der Waals surface area (Å²) in [4.78, 5) is 23.4. The van der Waals surface area contributed by atoms with Gasteiger partial charge in [-0.2, -0.15) is 0 Å². The monoisotopic (exact) mass is 270 g/mol. The first-order valence-electron chi connectivity index (χ1n) is 7.17. The summed E-state index contributed by atoms with van der Waals surface area (Å²) in [6, 6.07) is 0.261. The third-order valence-corrected chi connectivity index (χ3v) is 4.01. The Morgan fingerprint density at radius 1 is 1.47 bits per heavy atom. The van der Waals surface area contributed by atoms with Crippen LogP contribution >= 0.6 is 0 Å². The van der Waals surface area contributed by atoms with Crippen LogP contribution in [0.1, 0.15) is 52.9 Å². The van der Waals surface area contributed by atoms with Gasteiger partial charge in [-0.1, -0.05) is 26.7 Å². The summed E-state index contributed by atoms with van der Waals surface area (Å²) in [6.07, 6.45) is 3.89. The summed E-state index contributed by atoms with van der Waals surface area (Å²) >= 11 is 0. The summed E-state index contributed by atoms with van der Waals surface area (Å²) in [7, 11) is 0. The summed E-state index contributed by atoms with van der Waals surface area (Å²) in [5, 5.41) is 15.3. The summed E-state index contributed by atoms with van der Waals surface area (Å²) in [5.41, 5.74) is -1.06. The standard InChI is InChI=1S/C14H26N2O3/c1-4-11(3)15-9-12(17)16-14(13(18)19)7-5-6-10(2)8-14/h10-11,15H,4-9H2,1-3H3,(H,16,17)(H,18,19). The molecule has 1 fully saturated rings. The smallest absolute Gasteiger partial charge is 0.329 e. The van der Waals surface area contributed by atoms with Crippen LogP contribution in [0.4, 0.5) is 0 Å². The Morgan fingerprint density at radius 3 is 2.68 bits per heavy atom. The molecule has 0 spiro atoms. The minimum atomic E-state index is -1.06. The van der Waals surface area contributed by atoms with Crippen LogP contribution in [0.15, 0.2) is 0 Å². The van der Waals surface area contributed by atoms with Crippen LogP contribution in [0.2, 0.25) is 0 Å². The van der Waals surface area contributed by atoms with Crippen LogP contribution in [0.25, 0.3) is 0 Å². The third-order valence-electron chi connectivity index (χ3n) is 4.01. The molecule has 0 saturated heterocycles. The van der Waals surface area contributed by atoms with Crippen molar-refractivity contribution < 1.29 is 14.7 Å². The van der Waals surface area contributed by atoms with Crippen molar-refractivity contribution in [1.29, 1.82) is 0 Å². The van der Waals surface area contributed by atoms with E-state index in [9.17, 15) is 14.7 Å². The highest BCUT2D eigenvalue weighted by Gasteiger charge is 2.42. The van der Waals surface area contributed by atoms with Crippen LogP contribution < -0.4 is 10.6 Å². The highest BCUT2D eigenvalue weighted by molar-refractivity contribution is 5.88. The van der Waals surface area contributed by atoms with E-state index in [0.29, 0.717) is 18.8 Å². The number of carbonyl (C=O) groups excluding carboxylic acids is 1. The van der Waals surface area contributed by atoms with E-state index in [0.717, 1.165) is 19.3 Å². The Hall–Kier alpha value is -1.10. The molecule has 3 unspecified atom stereocenters. The number of hydrogen-bond acceptors (Lipinski definition) is 3. The second-order valence-electron chi connectivity index (χ2n) is 5.83. The van der Waals surface area contributed by atoms with Gasteiger partial charge in [-0.3, -0.25) is 4.79 Å². The van der Waals surface area contributed by atoms with Crippen molar-refractivity contribution in [3.63, 3.8) is 0 Å². The van der Waals surface area contributed by atoms with Crippen LogP contribution in [0, 0.1) is 5.92 Å². The lowest BCUT2D eigenvalue weighted by atomic mass is 9.76. The summed E-state index contributed by atoms with van der Waals surface area (Å²) in [6.45, 7) is 6.26. The first-order valence-corrected chi connectivity index (χ1v) is 7.17. The molecule has 0 heterocycles. The molecule has 0 aromatic heterocycles. The van der Waals surface area contributed by atoms with Crippen LogP contribution in [0.5, 0.6) is 0 Å².